The zero-order chi connectivity index (χ0) is 8.69. The van der Waals surface area contributed by atoms with Crippen LogP contribution in [0.5, 0.6) is 0 Å². The number of hydrogen-bond donors (Lipinski definition) is 0. The van der Waals surface area contributed by atoms with E-state index in [-0.39, 0.29) is 0 Å². The summed E-state index contributed by atoms with van der Waals surface area (Å²) in [6, 6.07) is 0. The van der Waals surface area contributed by atoms with Crippen LogP contribution in [0.4, 0.5) is 0 Å². The molecular formula is C8H10NiO2. The molecule has 0 aliphatic carbocycles. The first-order valence-electron chi connectivity index (χ1n) is 3.16. The van der Waals surface area contributed by atoms with E-state index in [1.54, 1.807) is 6.92 Å². The Morgan fingerprint density at radius 2 is 2.36 bits per heavy atom. The average Bonchev–Trinajstić information content (AvgIpc) is 2.00. The Balaban J connectivity index is 4.25. The van der Waals surface area contributed by atoms with Crippen molar-refractivity contribution in [2.24, 2.45) is 0 Å². The monoisotopic (exact) mass is 196 g/mol. The van der Waals surface area contributed by atoms with Gasteiger partial charge in [-0.25, -0.2) is 0 Å². The summed E-state index contributed by atoms with van der Waals surface area (Å²) < 4.78 is 4.70. The fourth-order valence-electron chi connectivity index (χ4n) is 0.477. The number of allylic oxidation sites excluding steroid dienone is 2. The fourth-order valence-corrected chi connectivity index (χ4v) is 0.689. The van der Waals surface area contributed by atoms with Crippen LogP contribution < -0.4 is 0 Å². The number of ether oxygens (including phenoxy) is 1. The molecule has 0 heterocycles. The standard InChI is InChI=1S/C8H10O2.Ni/c1-4-6-7(3)8(9)10-5-2;/h3-4,6H,1,5H2,2H3;/b7-6+;. The Morgan fingerprint density at radius 3 is 2.73 bits per heavy atom. The third kappa shape index (κ3) is 3.89. The van der Waals surface area contributed by atoms with E-state index in [1.807, 2.05) is 0 Å². The summed E-state index contributed by atoms with van der Waals surface area (Å²) in [5.41, 5.74) is 0.377. The molecular weight excluding hydrogens is 187 g/mol. The molecule has 0 unspecified atom stereocenters. The van der Waals surface area contributed by atoms with Crippen LogP contribution in [0.3, 0.4) is 0 Å². The van der Waals surface area contributed by atoms with Crippen LogP contribution in [0.15, 0.2) is 24.3 Å². The molecule has 2 nitrogen and oxygen atoms in total. The van der Waals surface area contributed by atoms with Crippen LogP contribution in [-0.4, -0.2) is 17.6 Å². The SMILES string of the molecule is C=C/C=C(\[CH]=[Ni])C(=O)OCC. The summed E-state index contributed by atoms with van der Waals surface area (Å²) in [6.07, 6.45) is 3.03. The molecule has 0 atom stereocenters. The first-order chi connectivity index (χ1) is 5.26. The Hall–Kier alpha value is -0.686. The van der Waals surface area contributed by atoms with Gasteiger partial charge in [0.15, 0.2) is 0 Å². The molecule has 0 N–H and O–H groups in total. The summed E-state index contributed by atoms with van der Waals surface area (Å²) in [6.45, 7) is 5.55. The summed E-state index contributed by atoms with van der Waals surface area (Å²) in [5, 5.41) is 0. The van der Waals surface area contributed by atoms with Gasteiger partial charge in [-0.3, -0.25) is 0 Å². The number of rotatable bonds is 4. The topological polar surface area (TPSA) is 26.3 Å². The molecule has 0 aliphatic rings. The number of esters is 1. The van der Waals surface area contributed by atoms with Gasteiger partial charge >= 0.3 is 73.4 Å². The Kier molecular flexibility index (Phi) is 5.67. The van der Waals surface area contributed by atoms with Gasteiger partial charge in [-0.15, -0.1) is 0 Å². The molecule has 0 rings (SSSR count). The van der Waals surface area contributed by atoms with Crippen molar-refractivity contribution in [3.05, 3.63) is 24.3 Å². The first-order valence-corrected chi connectivity index (χ1v) is 3.73. The summed E-state index contributed by atoms with van der Waals surface area (Å²) in [5.74, 6) is -0.390. The van der Waals surface area contributed by atoms with Gasteiger partial charge in [0, 0.05) is 0 Å². The van der Waals surface area contributed by atoms with Crippen molar-refractivity contribution in [1.29, 1.82) is 0 Å². The molecule has 64 valence electrons. The maximum atomic E-state index is 10.9. The van der Waals surface area contributed by atoms with Crippen LogP contribution in [0, 0.1) is 0 Å². The van der Waals surface area contributed by atoms with Gasteiger partial charge < -0.3 is 0 Å². The van der Waals surface area contributed by atoms with Crippen molar-refractivity contribution in [3.63, 3.8) is 0 Å². The van der Waals surface area contributed by atoms with E-state index in [2.05, 4.69) is 21.6 Å². The zero-order valence-electron chi connectivity index (χ0n) is 6.28. The number of carbonyl (C=O) groups is 1. The van der Waals surface area contributed by atoms with Crippen molar-refractivity contribution >= 4 is 11.0 Å². The Labute approximate surface area is 73.8 Å². The van der Waals surface area contributed by atoms with E-state index < -0.39 is 5.97 Å². The van der Waals surface area contributed by atoms with E-state index in [0.717, 1.165) is 0 Å². The molecule has 0 aromatic rings. The van der Waals surface area contributed by atoms with Crippen LogP contribution in [0.1, 0.15) is 6.92 Å². The maximum absolute atomic E-state index is 10.9. The second-order valence-corrected chi connectivity index (χ2v) is 1.95. The molecule has 0 spiro atoms. The molecule has 0 radical (unpaired) electrons. The number of carbonyl (C=O) groups excluding carboxylic acids is 1. The van der Waals surface area contributed by atoms with E-state index in [1.165, 1.54) is 17.1 Å². The first kappa shape index (κ1) is 10.3. The van der Waals surface area contributed by atoms with E-state index >= 15 is 0 Å². The van der Waals surface area contributed by atoms with Gasteiger partial charge in [-0.1, -0.05) is 0 Å². The minimum absolute atomic E-state index is 0.362. The van der Waals surface area contributed by atoms with Crippen molar-refractivity contribution in [3.8, 4) is 0 Å². The quantitative estimate of drug-likeness (QED) is 0.291. The number of hydrogen-bond acceptors (Lipinski definition) is 2. The van der Waals surface area contributed by atoms with Crippen molar-refractivity contribution in [2.75, 3.05) is 6.61 Å². The minimum atomic E-state index is -0.390. The van der Waals surface area contributed by atoms with Gasteiger partial charge in [0.2, 0.25) is 0 Å². The molecule has 0 aromatic carbocycles. The third-order valence-corrected chi connectivity index (χ3v) is 1.21. The summed E-state index contributed by atoms with van der Waals surface area (Å²) >= 11 is 4.31. The van der Waals surface area contributed by atoms with Crippen LogP contribution in [0.2, 0.25) is 0 Å². The molecule has 0 fully saturated rings. The molecule has 0 saturated heterocycles. The average molecular weight is 197 g/mol. The second-order valence-electron chi connectivity index (χ2n) is 1.67. The Bertz CT molecular complexity index is 194. The molecule has 0 bridgehead atoms. The zero-order valence-corrected chi connectivity index (χ0v) is 7.27. The van der Waals surface area contributed by atoms with Crippen molar-refractivity contribution in [2.45, 2.75) is 6.92 Å². The van der Waals surface area contributed by atoms with Gasteiger partial charge in [0.05, 0.1) is 0 Å². The van der Waals surface area contributed by atoms with Gasteiger partial charge in [-0.2, -0.15) is 0 Å². The predicted molar refractivity (Wildman–Crippen MR) is 41.0 cm³/mol. The van der Waals surface area contributed by atoms with Gasteiger partial charge in [-0.05, 0) is 0 Å². The molecule has 3 heteroatoms. The van der Waals surface area contributed by atoms with Crippen LogP contribution >= 0.6 is 0 Å². The van der Waals surface area contributed by atoms with Gasteiger partial charge in [0.1, 0.15) is 0 Å². The van der Waals surface area contributed by atoms with E-state index in [4.69, 9.17) is 4.74 Å². The predicted octanol–water partition coefficient (Wildman–Crippen LogP) is 1.01. The molecule has 0 amide bonds. The van der Waals surface area contributed by atoms with Crippen LogP contribution in [-0.2, 0) is 24.6 Å². The normalized spacial score (nSPS) is 10.6. The summed E-state index contributed by atoms with van der Waals surface area (Å²) in [4.78, 5) is 12.3. The molecule has 0 aliphatic heterocycles. The van der Waals surface area contributed by atoms with Gasteiger partial charge in [0.25, 0.3) is 0 Å². The van der Waals surface area contributed by atoms with Crippen molar-refractivity contribution in [1.82, 2.24) is 0 Å². The summed E-state index contributed by atoms with van der Waals surface area (Å²) in [7, 11) is 0. The van der Waals surface area contributed by atoms with E-state index in [0.29, 0.717) is 12.2 Å². The van der Waals surface area contributed by atoms with E-state index in [9.17, 15) is 4.79 Å². The van der Waals surface area contributed by atoms with Crippen molar-refractivity contribution < 1.29 is 24.6 Å². The molecule has 0 saturated carbocycles. The molecule has 0 aromatic heterocycles. The Morgan fingerprint density at radius 1 is 1.73 bits per heavy atom. The van der Waals surface area contributed by atoms with Crippen LogP contribution in [0.25, 0.3) is 0 Å². The molecule has 11 heavy (non-hydrogen) atoms. The third-order valence-electron chi connectivity index (χ3n) is 0.907. The fraction of sp³-hybridized carbons (Fsp3) is 0.250. The second kappa shape index (κ2) is 6.05.